The molecule has 0 spiro atoms. The molecule has 0 bridgehead atoms. The Hall–Kier alpha value is -1.06. The Labute approximate surface area is 109 Å². The van der Waals surface area contributed by atoms with Crippen LogP contribution in [0.4, 0.5) is 5.69 Å². The first-order valence-electron chi connectivity index (χ1n) is 6.98. The van der Waals surface area contributed by atoms with Crippen LogP contribution in [0, 0.1) is 0 Å². The summed E-state index contributed by atoms with van der Waals surface area (Å²) in [6.07, 6.45) is 4.02. The van der Waals surface area contributed by atoms with Crippen LogP contribution in [-0.4, -0.2) is 34.7 Å². The summed E-state index contributed by atoms with van der Waals surface area (Å²) >= 11 is 0. The van der Waals surface area contributed by atoms with Crippen LogP contribution in [0.5, 0.6) is 0 Å². The van der Waals surface area contributed by atoms with Crippen molar-refractivity contribution in [3.63, 3.8) is 0 Å². The summed E-state index contributed by atoms with van der Waals surface area (Å²) in [5.74, 6) is 0. The molecular formula is C15H22N2O. The van der Waals surface area contributed by atoms with Crippen molar-refractivity contribution in [2.45, 2.75) is 50.9 Å². The topological polar surface area (TPSA) is 35.5 Å². The fourth-order valence-electron chi connectivity index (χ4n) is 3.02. The minimum Gasteiger partial charge on any atom is -0.392 e. The molecule has 2 aliphatic rings. The Bertz CT molecular complexity index is 399. The highest BCUT2D eigenvalue weighted by molar-refractivity contribution is 5.45. The molecule has 1 aromatic rings. The van der Waals surface area contributed by atoms with Crippen molar-refractivity contribution in [2.75, 3.05) is 11.9 Å². The van der Waals surface area contributed by atoms with Crippen LogP contribution in [0.2, 0.25) is 0 Å². The Balaban J connectivity index is 1.59. The molecule has 2 unspecified atom stereocenters. The number of anilines is 1. The second kappa shape index (κ2) is 4.90. The van der Waals surface area contributed by atoms with E-state index in [2.05, 4.69) is 29.3 Å². The van der Waals surface area contributed by atoms with Crippen molar-refractivity contribution in [1.82, 2.24) is 4.90 Å². The second-order valence-electron chi connectivity index (χ2n) is 5.71. The molecule has 3 nitrogen and oxygen atoms in total. The van der Waals surface area contributed by atoms with Crippen LogP contribution in [0.3, 0.4) is 0 Å². The molecule has 98 valence electrons. The summed E-state index contributed by atoms with van der Waals surface area (Å²) in [5, 5.41) is 12.6. The number of likely N-dealkylation sites (tertiary alicyclic amines) is 1. The highest BCUT2D eigenvalue weighted by Crippen LogP contribution is 2.34. The molecule has 1 saturated heterocycles. The summed E-state index contributed by atoms with van der Waals surface area (Å²) < 4.78 is 0. The van der Waals surface area contributed by atoms with Gasteiger partial charge in [-0.1, -0.05) is 12.1 Å². The molecule has 1 aliphatic heterocycles. The van der Waals surface area contributed by atoms with Crippen molar-refractivity contribution in [3.05, 3.63) is 29.8 Å². The minimum absolute atomic E-state index is 0.121. The maximum Gasteiger partial charge on any atom is 0.0681 e. The van der Waals surface area contributed by atoms with E-state index in [4.69, 9.17) is 5.11 Å². The van der Waals surface area contributed by atoms with Crippen LogP contribution in [0.1, 0.15) is 31.7 Å². The molecular weight excluding hydrogens is 224 g/mol. The molecule has 3 heteroatoms. The van der Waals surface area contributed by atoms with Gasteiger partial charge in [0.05, 0.1) is 6.61 Å². The summed E-state index contributed by atoms with van der Waals surface area (Å²) in [7, 11) is 0. The maximum absolute atomic E-state index is 9.02. The lowest BCUT2D eigenvalue weighted by Crippen LogP contribution is -2.30. The zero-order chi connectivity index (χ0) is 12.5. The molecule has 0 radical (unpaired) electrons. The number of aliphatic hydroxyl groups excluding tert-OH is 1. The van der Waals surface area contributed by atoms with E-state index >= 15 is 0 Å². The number of nitrogens with zero attached hydrogens (tertiary/aromatic N) is 1. The van der Waals surface area contributed by atoms with Gasteiger partial charge in [-0.2, -0.15) is 0 Å². The van der Waals surface area contributed by atoms with Gasteiger partial charge in [-0.15, -0.1) is 0 Å². The quantitative estimate of drug-likeness (QED) is 0.855. The Morgan fingerprint density at radius 2 is 2.00 bits per heavy atom. The molecule has 1 aliphatic carbocycles. The third-order valence-electron chi connectivity index (χ3n) is 4.15. The van der Waals surface area contributed by atoms with Crippen molar-refractivity contribution in [2.24, 2.45) is 0 Å². The average molecular weight is 246 g/mol. The Morgan fingerprint density at radius 1 is 1.28 bits per heavy atom. The fraction of sp³-hybridized carbons (Fsp3) is 0.600. The molecule has 1 saturated carbocycles. The smallest absolute Gasteiger partial charge is 0.0681 e. The van der Waals surface area contributed by atoms with Crippen molar-refractivity contribution >= 4 is 5.69 Å². The average Bonchev–Trinajstić information content (AvgIpc) is 3.15. The van der Waals surface area contributed by atoms with Gasteiger partial charge in [0.15, 0.2) is 0 Å². The lowest BCUT2D eigenvalue weighted by atomic mass is 10.1. The normalized spacial score (nSPS) is 28.6. The molecule has 2 N–H and O–H groups in total. The van der Waals surface area contributed by atoms with Gasteiger partial charge < -0.3 is 10.4 Å². The van der Waals surface area contributed by atoms with E-state index in [1.807, 2.05) is 12.1 Å². The van der Waals surface area contributed by atoms with E-state index in [9.17, 15) is 0 Å². The lowest BCUT2D eigenvalue weighted by Gasteiger charge is -2.20. The van der Waals surface area contributed by atoms with Gasteiger partial charge in [-0.05, 0) is 43.9 Å². The maximum atomic E-state index is 9.02. The van der Waals surface area contributed by atoms with E-state index < -0.39 is 0 Å². The molecule has 3 rings (SSSR count). The summed E-state index contributed by atoms with van der Waals surface area (Å²) in [5.41, 5.74) is 2.14. The van der Waals surface area contributed by atoms with Crippen LogP contribution in [0.25, 0.3) is 0 Å². The first-order valence-corrected chi connectivity index (χ1v) is 6.98. The molecule has 2 fully saturated rings. The number of benzene rings is 1. The standard InChI is InChI=1S/C15H22N2O/c1-11-8-14(9-17(11)15-6-7-15)16-13-4-2-12(10-18)3-5-13/h2-5,11,14-16,18H,6-10H2,1H3. The third-order valence-corrected chi connectivity index (χ3v) is 4.15. The zero-order valence-electron chi connectivity index (χ0n) is 11.0. The molecule has 0 amide bonds. The van der Waals surface area contributed by atoms with Gasteiger partial charge >= 0.3 is 0 Å². The monoisotopic (exact) mass is 246 g/mol. The van der Waals surface area contributed by atoms with Gasteiger partial charge in [0.25, 0.3) is 0 Å². The molecule has 18 heavy (non-hydrogen) atoms. The molecule has 1 aromatic carbocycles. The first kappa shape index (κ1) is 12.0. The van der Waals surface area contributed by atoms with Crippen LogP contribution < -0.4 is 5.32 Å². The van der Waals surface area contributed by atoms with Crippen molar-refractivity contribution in [1.29, 1.82) is 0 Å². The number of rotatable bonds is 4. The van der Waals surface area contributed by atoms with Crippen molar-refractivity contribution < 1.29 is 5.11 Å². The van der Waals surface area contributed by atoms with Crippen molar-refractivity contribution in [3.8, 4) is 0 Å². The highest BCUT2D eigenvalue weighted by atomic mass is 16.3. The van der Waals surface area contributed by atoms with E-state index in [-0.39, 0.29) is 6.61 Å². The number of hydrogen-bond donors (Lipinski definition) is 2. The number of hydrogen-bond acceptors (Lipinski definition) is 3. The van der Waals surface area contributed by atoms with E-state index in [0.29, 0.717) is 12.1 Å². The Morgan fingerprint density at radius 3 is 2.61 bits per heavy atom. The summed E-state index contributed by atoms with van der Waals surface area (Å²) in [6, 6.07) is 10.3. The number of aliphatic hydroxyl groups is 1. The first-order chi connectivity index (χ1) is 8.76. The Kier molecular flexibility index (Phi) is 3.27. The predicted molar refractivity (Wildman–Crippen MR) is 73.6 cm³/mol. The van der Waals surface area contributed by atoms with Gasteiger partial charge in [0, 0.05) is 30.4 Å². The van der Waals surface area contributed by atoms with E-state index in [1.54, 1.807) is 0 Å². The van der Waals surface area contributed by atoms with Crippen LogP contribution in [-0.2, 0) is 6.61 Å². The highest BCUT2D eigenvalue weighted by Gasteiger charge is 2.38. The van der Waals surface area contributed by atoms with Gasteiger partial charge in [0.2, 0.25) is 0 Å². The predicted octanol–water partition coefficient (Wildman–Crippen LogP) is 2.22. The van der Waals surface area contributed by atoms with E-state index in [0.717, 1.165) is 11.6 Å². The van der Waals surface area contributed by atoms with E-state index in [1.165, 1.54) is 31.5 Å². The molecule has 2 atom stereocenters. The zero-order valence-corrected chi connectivity index (χ0v) is 11.0. The summed E-state index contributed by atoms with van der Waals surface area (Å²) in [4.78, 5) is 2.65. The second-order valence-corrected chi connectivity index (χ2v) is 5.71. The lowest BCUT2D eigenvalue weighted by molar-refractivity contribution is 0.257. The van der Waals surface area contributed by atoms with Crippen LogP contribution >= 0.6 is 0 Å². The SMILES string of the molecule is CC1CC(Nc2ccc(CO)cc2)CN1C1CC1. The summed E-state index contributed by atoms with van der Waals surface area (Å²) in [6.45, 7) is 3.64. The van der Waals surface area contributed by atoms with Gasteiger partial charge in [-0.3, -0.25) is 4.90 Å². The van der Waals surface area contributed by atoms with Gasteiger partial charge in [-0.25, -0.2) is 0 Å². The largest absolute Gasteiger partial charge is 0.392 e. The third kappa shape index (κ3) is 2.52. The van der Waals surface area contributed by atoms with Crippen LogP contribution in [0.15, 0.2) is 24.3 Å². The minimum atomic E-state index is 0.121. The molecule has 0 aromatic heterocycles. The molecule has 1 heterocycles. The van der Waals surface area contributed by atoms with Gasteiger partial charge in [0.1, 0.15) is 0 Å². The number of nitrogens with one attached hydrogen (secondary N) is 1. The fourth-order valence-corrected chi connectivity index (χ4v) is 3.02.